The number of alkyl halides is 3. The molecule has 0 radical (unpaired) electrons. The molecule has 0 spiro atoms. The Bertz CT molecular complexity index is 396. The van der Waals surface area contributed by atoms with Gasteiger partial charge in [0.15, 0.2) is 0 Å². The molecular weight excluding hydrogens is 255 g/mol. The van der Waals surface area contributed by atoms with Crippen LogP contribution < -0.4 is 5.32 Å². The summed E-state index contributed by atoms with van der Waals surface area (Å²) in [6.45, 7) is 6.03. The van der Waals surface area contributed by atoms with Gasteiger partial charge in [-0.15, -0.1) is 0 Å². The van der Waals surface area contributed by atoms with Crippen LogP contribution in [0.15, 0.2) is 24.3 Å². The standard InChI is InChI=1S/C14H20F3NO/c1-10(2)8-13(3,19)9-18-12-6-4-11(5-7-12)14(15,16)17/h4-7,10,18-19H,8-9H2,1-3H3. The molecule has 1 aromatic rings. The van der Waals surface area contributed by atoms with Gasteiger partial charge in [-0.25, -0.2) is 0 Å². The Morgan fingerprint density at radius 1 is 1.16 bits per heavy atom. The van der Waals surface area contributed by atoms with Crippen molar-refractivity contribution < 1.29 is 18.3 Å². The van der Waals surface area contributed by atoms with Crippen LogP contribution in [-0.2, 0) is 6.18 Å². The summed E-state index contributed by atoms with van der Waals surface area (Å²) in [7, 11) is 0. The lowest BCUT2D eigenvalue weighted by Crippen LogP contribution is -2.34. The monoisotopic (exact) mass is 275 g/mol. The maximum absolute atomic E-state index is 12.4. The maximum Gasteiger partial charge on any atom is 0.416 e. The quantitative estimate of drug-likeness (QED) is 0.853. The molecule has 1 atom stereocenters. The molecule has 19 heavy (non-hydrogen) atoms. The van der Waals surface area contributed by atoms with Crippen molar-refractivity contribution >= 4 is 5.69 Å². The number of nitrogens with one attached hydrogen (secondary N) is 1. The van der Waals surface area contributed by atoms with E-state index in [1.54, 1.807) is 6.92 Å². The molecule has 108 valence electrons. The molecule has 1 unspecified atom stereocenters. The average molecular weight is 275 g/mol. The Kier molecular flexibility index (Phi) is 4.85. The number of benzene rings is 1. The van der Waals surface area contributed by atoms with Gasteiger partial charge in [0.25, 0.3) is 0 Å². The number of hydrogen-bond donors (Lipinski definition) is 2. The number of anilines is 1. The van der Waals surface area contributed by atoms with Gasteiger partial charge in [-0.3, -0.25) is 0 Å². The van der Waals surface area contributed by atoms with Gasteiger partial charge in [0.05, 0.1) is 11.2 Å². The van der Waals surface area contributed by atoms with Gasteiger partial charge in [-0.1, -0.05) is 13.8 Å². The third kappa shape index (κ3) is 5.51. The van der Waals surface area contributed by atoms with Crippen LogP contribution in [0.5, 0.6) is 0 Å². The van der Waals surface area contributed by atoms with Gasteiger partial charge in [0, 0.05) is 12.2 Å². The second-order valence-corrected chi connectivity index (χ2v) is 5.52. The molecular formula is C14H20F3NO. The lowest BCUT2D eigenvalue weighted by atomic mass is 9.94. The number of hydrogen-bond acceptors (Lipinski definition) is 2. The molecule has 0 saturated heterocycles. The first-order valence-electron chi connectivity index (χ1n) is 6.24. The minimum atomic E-state index is -4.32. The molecule has 1 rings (SSSR count). The predicted molar refractivity (Wildman–Crippen MR) is 70.0 cm³/mol. The van der Waals surface area contributed by atoms with Crippen molar-refractivity contribution in [1.29, 1.82) is 0 Å². The average Bonchev–Trinajstić information content (AvgIpc) is 2.24. The van der Waals surface area contributed by atoms with Crippen molar-refractivity contribution in [2.45, 2.75) is 39.0 Å². The lowest BCUT2D eigenvalue weighted by Gasteiger charge is -2.26. The summed E-state index contributed by atoms with van der Waals surface area (Å²) < 4.78 is 37.1. The minimum Gasteiger partial charge on any atom is -0.388 e. The first kappa shape index (κ1) is 15.8. The smallest absolute Gasteiger partial charge is 0.388 e. The molecule has 0 amide bonds. The summed E-state index contributed by atoms with van der Waals surface area (Å²) in [5, 5.41) is 13.0. The van der Waals surface area contributed by atoms with Crippen LogP contribution in [0.3, 0.4) is 0 Å². The van der Waals surface area contributed by atoms with Crippen LogP contribution in [0.2, 0.25) is 0 Å². The van der Waals surface area contributed by atoms with Crippen LogP contribution >= 0.6 is 0 Å². The van der Waals surface area contributed by atoms with Crippen molar-refractivity contribution in [2.24, 2.45) is 5.92 Å². The van der Waals surface area contributed by atoms with Gasteiger partial charge in [-0.05, 0) is 43.5 Å². The maximum atomic E-state index is 12.4. The highest BCUT2D eigenvalue weighted by molar-refractivity contribution is 5.45. The van der Waals surface area contributed by atoms with Gasteiger partial charge < -0.3 is 10.4 Å². The van der Waals surface area contributed by atoms with Crippen LogP contribution in [0.4, 0.5) is 18.9 Å². The van der Waals surface area contributed by atoms with Crippen LogP contribution in [0.25, 0.3) is 0 Å². The molecule has 0 heterocycles. The number of rotatable bonds is 5. The van der Waals surface area contributed by atoms with E-state index < -0.39 is 17.3 Å². The van der Waals surface area contributed by atoms with Gasteiger partial charge in [0.2, 0.25) is 0 Å². The summed E-state index contributed by atoms with van der Waals surface area (Å²) in [6, 6.07) is 4.79. The summed E-state index contributed by atoms with van der Waals surface area (Å²) in [5.74, 6) is 0.351. The van der Waals surface area contributed by atoms with E-state index in [0.717, 1.165) is 12.1 Å². The molecule has 0 aliphatic carbocycles. The Morgan fingerprint density at radius 2 is 1.68 bits per heavy atom. The van der Waals surface area contributed by atoms with Crippen LogP contribution in [-0.4, -0.2) is 17.3 Å². The van der Waals surface area contributed by atoms with E-state index >= 15 is 0 Å². The summed E-state index contributed by atoms with van der Waals surface area (Å²) in [6.07, 6.45) is -3.69. The fourth-order valence-corrected chi connectivity index (χ4v) is 2.02. The molecule has 0 aromatic heterocycles. The zero-order valence-electron chi connectivity index (χ0n) is 11.4. The summed E-state index contributed by atoms with van der Waals surface area (Å²) >= 11 is 0. The van der Waals surface area contributed by atoms with E-state index in [4.69, 9.17) is 0 Å². The SMILES string of the molecule is CC(C)CC(C)(O)CNc1ccc(C(F)(F)F)cc1. The van der Waals surface area contributed by atoms with Crippen LogP contribution in [0, 0.1) is 5.92 Å². The second kappa shape index (κ2) is 5.82. The van der Waals surface area contributed by atoms with E-state index in [1.165, 1.54) is 12.1 Å². The first-order valence-corrected chi connectivity index (χ1v) is 6.24. The second-order valence-electron chi connectivity index (χ2n) is 5.52. The van der Waals surface area contributed by atoms with Crippen LogP contribution in [0.1, 0.15) is 32.8 Å². The first-order chi connectivity index (χ1) is 8.60. The van der Waals surface area contributed by atoms with E-state index in [0.29, 0.717) is 24.6 Å². The van der Waals surface area contributed by atoms with E-state index in [9.17, 15) is 18.3 Å². The third-order valence-corrected chi connectivity index (χ3v) is 2.73. The van der Waals surface area contributed by atoms with E-state index in [2.05, 4.69) is 5.32 Å². The highest BCUT2D eigenvalue weighted by Gasteiger charge is 2.30. The van der Waals surface area contributed by atoms with Gasteiger partial charge in [0.1, 0.15) is 0 Å². The molecule has 0 bridgehead atoms. The third-order valence-electron chi connectivity index (χ3n) is 2.73. The van der Waals surface area contributed by atoms with Crippen molar-refractivity contribution in [1.82, 2.24) is 0 Å². The number of aliphatic hydroxyl groups is 1. The largest absolute Gasteiger partial charge is 0.416 e. The molecule has 5 heteroatoms. The normalized spacial score (nSPS) is 15.4. The fraction of sp³-hybridized carbons (Fsp3) is 0.571. The predicted octanol–water partition coefficient (Wildman–Crippen LogP) is 3.91. The molecule has 0 aliphatic rings. The number of halogens is 3. The van der Waals surface area contributed by atoms with Gasteiger partial charge >= 0.3 is 6.18 Å². The lowest BCUT2D eigenvalue weighted by molar-refractivity contribution is -0.137. The minimum absolute atomic E-state index is 0.302. The summed E-state index contributed by atoms with van der Waals surface area (Å²) in [4.78, 5) is 0. The molecule has 2 nitrogen and oxygen atoms in total. The van der Waals surface area contributed by atoms with E-state index in [-0.39, 0.29) is 0 Å². The fourth-order valence-electron chi connectivity index (χ4n) is 2.02. The van der Waals surface area contributed by atoms with Gasteiger partial charge in [-0.2, -0.15) is 13.2 Å². The highest BCUT2D eigenvalue weighted by atomic mass is 19.4. The molecule has 0 saturated carbocycles. The van der Waals surface area contributed by atoms with Crippen molar-refractivity contribution in [3.63, 3.8) is 0 Å². The topological polar surface area (TPSA) is 32.3 Å². The van der Waals surface area contributed by atoms with Crippen molar-refractivity contribution in [2.75, 3.05) is 11.9 Å². The van der Waals surface area contributed by atoms with Crippen molar-refractivity contribution in [3.8, 4) is 0 Å². The Labute approximate surface area is 111 Å². The molecule has 2 N–H and O–H groups in total. The zero-order valence-corrected chi connectivity index (χ0v) is 11.4. The highest BCUT2D eigenvalue weighted by Crippen LogP contribution is 2.30. The Morgan fingerprint density at radius 3 is 2.11 bits per heavy atom. The Balaban J connectivity index is 2.59. The Hall–Kier alpha value is -1.23. The zero-order chi connectivity index (χ0) is 14.7. The molecule has 0 aliphatic heterocycles. The van der Waals surface area contributed by atoms with Crippen molar-refractivity contribution in [3.05, 3.63) is 29.8 Å². The van der Waals surface area contributed by atoms with E-state index in [1.807, 2.05) is 13.8 Å². The summed E-state index contributed by atoms with van der Waals surface area (Å²) in [5.41, 5.74) is -0.985. The molecule has 1 aromatic carbocycles. The molecule has 0 fully saturated rings.